The lowest BCUT2D eigenvalue weighted by atomic mass is 9.90. The molecule has 1 fully saturated rings. The Hall–Kier alpha value is -1.55. The van der Waals surface area contributed by atoms with Gasteiger partial charge in [0.15, 0.2) is 0 Å². The van der Waals surface area contributed by atoms with Crippen LogP contribution in [0.15, 0.2) is 35.5 Å². The quantitative estimate of drug-likeness (QED) is 0.384. The Bertz CT molecular complexity index is 446. The summed E-state index contributed by atoms with van der Waals surface area (Å²) in [7, 11) is 0. The highest BCUT2D eigenvalue weighted by molar-refractivity contribution is 5.80. The van der Waals surface area contributed by atoms with Crippen LogP contribution in [0.5, 0.6) is 0 Å². The lowest BCUT2D eigenvalue weighted by Crippen LogP contribution is -2.44. The standard InChI is InChI=1S/C16H25N3O/c1-12-8-9-13(2)19(11-12)15(10-16(17)18-20)14-6-4-3-5-7-14/h3-7,12-13,15,20H,8-11H2,1-2H3,(H2,17,18). The highest BCUT2D eigenvalue weighted by atomic mass is 16.4. The summed E-state index contributed by atoms with van der Waals surface area (Å²) >= 11 is 0. The van der Waals surface area contributed by atoms with E-state index in [0.717, 1.165) is 6.54 Å². The fraction of sp³-hybridized carbons (Fsp3) is 0.562. The minimum absolute atomic E-state index is 0.185. The predicted molar refractivity (Wildman–Crippen MR) is 81.8 cm³/mol. The molecule has 3 unspecified atom stereocenters. The van der Waals surface area contributed by atoms with Crippen molar-refractivity contribution in [3.05, 3.63) is 35.9 Å². The first-order valence-electron chi connectivity index (χ1n) is 7.39. The molecule has 0 radical (unpaired) electrons. The molecule has 3 atom stereocenters. The molecule has 4 heteroatoms. The maximum absolute atomic E-state index is 8.89. The van der Waals surface area contributed by atoms with E-state index < -0.39 is 0 Å². The summed E-state index contributed by atoms with van der Waals surface area (Å²) in [6.45, 7) is 5.64. The average molecular weight is 275 g/mol. The number of nitrogens with two attached hydrogens (primary N) is 1. The van der Waals surface area contributed by atoms with E-state index in [1.54, 1.807) is 0 Å². The number of hydrogen-bond acceptors (Lipinski definition) is 3. The van der Waals surface area contributed by atoms with Crippen LogP contribution in [0.1, 0.15) is 44.7 Å². The molecule has 1 aromatic carbocycles. The number of oxime groups is 1. The van der Waals surface area contributed by atoms with E-state index >= 15 is 0 Å². The van der Waals surface area contributed by atoms with Crippen LogP contribution in [0.2, 0.25) is 0 Å². The van der Waals surface area contributed by atoms with Crippen molar-refractivity contribution in [3.8, 4) is 0 Å². The number of piperidine rings is 1. The van der Waals surface area contributed by atoms with Crippen molar-refractivity contribution in [2.75, 3.05) is 6.54 Å². The molecule has 1 saturated heterocycles. The zero-order valence-electron chi connectivity index (χ0n) is 12.4. The monoisotopic (exact) mass is 275 g/mol. The zero-order chi connectivity index (χ0) is 14.5. The van der Waals surface area contributed by atoms with Crippen molar-refractivity contribution in [3.63, 3.8) is 0 Å². The van der Waals surface area contributed by atoms with Gasteiger partial charge in [0, 0.05) is 25.0 Å². The molecule has 3 N–H and O–H groups in total. The summed E-state index contributed by atoms with van der Waals surface area (Å²) < 4.78 is 0. The summed E-state index contributed by atoms with van der Waals surface area (Å²) in [5.41, 5.74) is 7.01. The third-order valence-electron chi connectivity index (χ3n) is 4.28. The van der Waals surface area contributed by atoms with Crippen LogP contribution in [0.4, 0.5) is 0 Å². The SMILES string of the molecule is CC1CCC(C)N(C(CC(N)=NO)c2ccccc2)C1. The largest absolute Gasteiger partial charge is 0.409 e. The lowest BCUT2D eigenvalue weighted by Gasteiger charge is -2.42. The lowest BCUT2D eigenvalue weighted by molar-refractivity contribution is 0.0787. The first-order valence-corrected chi connectivity index (χ1v) is 7.39. The topological polar surface area (TPSA) is 61.8 Å². The maximum Gasteiger partial charge on any atom is 0.141 e. The average Bonchev–Trinajstić information content (AvgIpc) is 2.48. The van der Waals surface area contributed by atoms with Gasteiger partial charge >= 0.3 is 0 Å². The number of hydrogen-bond donors (Lipinski definition) is 2. The minimum atomic E-state index is 0.185. The molecule has 1 heterocycles. The highest BCUT2D eigenvalue weighted by Crippen LogP contribution is 2.32. The highest BCUT2D eigenvalue weighted by Gasteiger charge is 2.30. The van der Waals surface area contributed by atoms with Crippen molar-refractivity contribution in [2.24, 2.45) is 16.8 Å². The number of amidine groups is 1. The maximum atomic E-state index is 8.89. The zero-order valence-corrected chi connectivity index (χ0v) is 12.4. The smallest absolute Gasteiger partial charge is 0.141 e. The second kappa shape index (κ2) is 6.75. The van der Waals surface area contributed by atoms with Crippen LogP contribution in [0.3, 0.4) is 0 Å². The summed E-state index contributed by atoms with van der Waals surface area (Å²) in [5.74, 6) is 0.994. The van der Waals surface area contributed by atoms with E-state index in [1.807, 2.05) is 18.2 Å². The molecule has 110 valence electrons. The van der Waals surface area contributed by atoms with Gasteiger partial charge in [0.25, 0.3) is 0 Å². The molecular weight excluding hydrogens is 250 g/mol. The van der Waals surface area contributed by atoms with Crippen LogP contribution in [0, 0.1) is 5.92 Å². The van der Waals surface area contributed by atoms with Crippen LogP contribution in [0.25, 0.3) is 0 Å². The van der Waals surface area contributed by atoms with E-state index in [2.05, 4.69) is 36.0 Å². The van der Waals surface area contributed by atoms with E-state index in [9.17, 15) is 0 Å². The fourth-order valence-electron chi connectivity index (χ4n) is 3.10. The van der Waals surface area contributed by atoms with Gasteiger partial charge in [0.2, 0.25) is 0 Å². The Kier molecular flexibility index (Phi) is 5.01. The van der Waals surface area contributed by atoms with Crippen LogP contribution in [-0.2, 0) is 0 Å². The van der Waals surface area contributed by atoms with Crippen molar-refractivity contribution in [1.29, 1.82) is 0 Å². The van der Waals surface area contributed by atoms with Gasteiger partial charge in [0.1, 0.15) is 5.84 Å². The molecule has 1 aliphatic heterocycles. The van der Waals surface area contributed by atoms with E-state index in [-0.39, 0.29) is 6.04 Å². The van der Waals surface area contributed by atoms with E-state index in [4.69, 9.17) is 10.9 Å². The predicted octanol–water partition coefficient (Wildman–Crippen LogP) is 2.98. The molecule has 0 spiro atoms. The molecule has 0 aliphatic carbocycles. The molecule has 0 aromatic heterocycles. The van der Waals surface area contributed by atoms with Crippen LogP contribution in [-0.4, -0.2) is 28.5 Å². The molecule has 0 amide bonds. The first-order chi connectivity index (χ1) is 9.61. The minimum Gasteiger partial charge on any atom is -0.409 e. The molecule has 0 saturated carbocycles. The van der Waals surface area contributed by atoms with Crippen LogP contribution >= 0.6 is 0 Å². The Labute approximate surface area is 121 Å². The molecule has 1 aliphatic rings. The number of likely N-dealkylation sites (tertiary alicyclic amines) is 1. The molecule has 1 aromatic rings. The van der Waals surface area contributed by atoms with Gasteiger partial charge in [-0.2, -0.15) is 0 Å². The van der Waals surface area contributed by atoms with Gasteiger partial charge in [-0.05, 0) is 31.2 Å². The molecule has 20 heavy (non-hydrogen) atoms. The number of benzene rings is 1. The van der Waals surface area contributed by atoms with E-state index in [0.29, 0.717) is 24.2 Å². The summed E-state index contributed by atoms with van der Waals surface area (Å²) in [6, 6.07) is 11.1. The Morgan fingerprint density at radius 3 is 2.70 bits per heavy atom. The number of rotatable bonds is 4. The molecule has 0 bridgehead atoms. The fourth-order valence-corrected chi connectivity index (χ4v) is 3.10. The van der Waals surface area contributed by atoms with Gasteiger partial charge in [-0.1, -0.05) is 42.4 Å². The second-order valence-corrected chi connectivity index (χ2v) is 5.95. The molecule has 2 rings (SSSR count). The third kappa shape index (κ3) is 3.51. The molecule has 4 nitrogen and oxygen atoms in total. The van der Waals surface area contributed by atoms with Crippen molar-refractivity contribution < 1.29 is 5.21 Å². The Balaban J connectivity index is 2.25. The van der Waals surface area contributed by atoms with Gasteiger partial charge in [-0.25, -0.2) is 0 Å². The van der Waals surface area contributed by atoms with Gasteiger partial charge in [-0.3, -0.25) is 4.90 Å². The Morgan fingerprint density at radius 1 is 1.35 bits per heavy atom. The second-order valence-electron chi connectivity index (χ2n) is 5.95. The van der Waals surface area contributed by atoms with Crippen molar-refractivity contribution in [1.82, 2.24) is 4.90 Å². The Morgan fingerprint density at radius 2 is 2.05 bits per heavy atom. The summed E-state index contributed by atoms with van der Waals surface area (Å²) in [5, 5.41) is 12.1. The van der Waals surface area contributed by atoms with Gasteiger partial charge in [-0.15, -0.1) is 0 Å². The van der Waals surface area contributed by atoms with Crippen molar-refractivity contribution >= 4 is 5.84 Å². The normalized spacial score (nSPS) is 26.4. The first kappa shape index (κ1) is 14.9. The summed E-state index contributed by atoms with van der Waals surface area (Å²) in [6.07, 6.45) is 3.06. The van der Waals surface area contributed by atoms with Crippen LogP contribution < -0.4 is 5.73 Å². The summed E-state index contributed by atoms with van der Waals surface area (Å²) in [4.78, 5) is 2.50. The van der Waals surface area contributed by atoms with Crippen molar-refractivity contribution in [2.45, 2.75) is 45.2 Å². The van der Waals surface area contributed by atoms with Gasteiger partial charge in [0.05, 0.1) is 0 Å². The van der Waals surface area contributed by atoms with Gasteiger partial charge < -0.3 is 10.9 Å². The van der Waals surface area contributed by atoms with E-state index in [1.165, 1.54) is 18.4 Å². The number of nitrogens with zero attached hydrogens (tertiary/aromatic N) is 2. The third-order valence-corrected chi connectivity index (χ3v) is 4.28. The molecular formula is C16H25N3O.